The summed E-state index contributed by atoms with van der Waals surface area (Å²) >= 11 is 3.07. The lowest BCUT2D eigenvalue weighted by atomic mass is 10.1. The SMILES string of the molecule is CC[C@H](C)NC(=O)c1ccc(NC(=O)CBr)cc1. The van der Waals surface area contributed by atoms with E-state index in [9.17, 15) is 9.59 Å². The molecule has 1 aromatic carbocycles. The third-order valence-corrected chi connectivity index (χ3v) is 3.05. The standard InChI is InChI=1S/C13H17BrN2O2/c1-3-9(2)15-13(18)10-4-6-11(7-5-10)16-12(17)8-14/h4-7,9H,3,8H2,1-2H3,(H,15,18)(H,16,17)/t9-/m0/s1. The van der Waals surface area contributed by atoms with Crippen LogP contribution in [0.5, 0.6) is 0 Å². The number of benzene rings is 1. The average Bonchev–Trinajstić information content (AvgIpc) is 2.39. The van der Waals surface area contributed by atoms with Crippen molar-refractivity contribution in [2.24, 2.45) is 0 Å². The number of alkyl halides is 1. The maximum absolute atomic E-state index is 11.8. The van der Waals surface area contributed by atoms with Gasteiger partial charge in [-0.2, -0.15) is 0 Å². The average molecular weight is 313 g/mol. The molecule has 1 aromatic rings. The van der Waals surface area contributed by atoms with Crippen LogP contribution in [-0.2, 0) is 4.79 Å². The molecule has 0 spiro atoms. The van der Waals surface area contributed by atoms with E-state index < -0.39 is 0 Å². The Morgan fingerprint density at radius 2 is 1.89 bits per heavy atom. The molecule has 0 saturated heterocycles. The summed E-state index contributed by atoms with van der Waals surface area (Å²) < 4.78 is 0. The molecule has 0 unspecified atom stereocenters. The molecule has 0 aliphatic carbocycles. The molecule has 0 fully saturated rings. The predicted molar refractivity (Wildman–Crippen MR) is 76.1 cm³/mol. The highest BCUT2D eigenvalue weighted by atomic mass is 79.9. The van der Waals surface area contributed by atoms with Gasteiger partial charge in [-0.1, -0.05) is 22.9 Å². The molecule has 18 heavy (non-hydrogen) atoms. The Balaban J connectivity index is 2.65. The van der Waals surface area contributed by atoms with Crippen LogP contribution < -0.4 is 10.6 Å². The molecule has 2 amide bonds. The van der Waals surface area contributed by atoms with E-state index >= 15 is 0 Å². The number of rotatable bonds is 5. The number of carbonyl (C=O) groups is 2. The van der Waals surface area contributed by atoms with E-state index in [1.165, 1.54) is 0 Å². The van der Waals surface area contributed by atoms with Crippen molar-refractivity contribution in [1.82, 2.24) is 5.32 Å². The van der Waals surface area contributed by atoms with Gasteiger partial charge in [-0.15, -0.1) is 0 Å². The lowest BCUT2D eigenvalue weighted by molar-refractivity contribution is -0.113. The van der Waals surface area contributed by atoms with Crippen LogP contribution in [0.4, 0.5) is 5.69 Å². The van der Waals surface area contributed by atoms with Gasteiger partial charge in [0.15, 0.2) is 0 Å². The van der Waals surface area contributed by atoms with Crippen LogP contribution in [0.15, 0.2) is 24.3 Å². The van der Waals surface area contributed by atoms with Gasteiger partial charge in [0, 0.05) is 17.3 Å². The minimum absolute atomic E-state index is 0.0947. The second-order valence-electron chi connectivity index (χ2n) is 4.04. The Bertz CT molecular complexity index is 418. The van der Waals surface area contributed by atoms with E-state index in [0.29, 0.717) is 11.3 Å². The molecule has 0 radical (unpaired) electrons. The Morgan fingerprint density at radius 3 is 2.39 bits per heavy atom. The Hall–Kier alpha value is -1.36. The molecule has 0 aliphatic heterocycles. The monoisotopic (exact) mass is 312 g/mol. The molecule has 0 aliphatic rings. The Morgan fingerprint density at radius 1 is 1.28 bits per heavy atom. The van der Waals surface area contributed by atoms with Crippen molar-refractivity contribution >= 4 is 33.4 Å². The lowest BCUT2D eigenvalue weighted by Gasteiger charge is -2.11. The molecule has 4 nitrogen and oxygen atoms in total. The highest BCUT2D eigenvalue weighted by molar-refractivity contribution is 9.09. The van der Waals surface area contributed by atoms with E-state index in [1.54, 1.807) is 24.3 Å². The fraction of sp³-hybridized carbons (Fsp3) is 0.385. The smallest absolute Gasteiger partial charge is 0.251 e. The Labute approximate surface area is 115 Å². The minimum Gasteiger partial charge on any atom is -0.350 e. The summed E-state index contributed by atoms with van der Waals surface area (Å²) in [5.74, 6) is -0.213. The number of carbonyl (C=O) groups excluding carboxylic acids is 2. The maximum Gasteiger partial charge on any atom is 0.251 e. The number of hydrogen-bond donors (Lipinski definition) is 2. The van der Waals surface area contributed by atoms with Crippen molar-refractivity contribution in [3.05, 3.63) is 29.8 Å². The number of halogens is 1. The van der Waals surface area contributed by atoms with Gasteiger partial charge in [0.1, 0.15) is 0 Å². The second-order valence-corrected chi connectivity index (χ2v) is 4.60. The highest BCUT2D eigenvalue weighted by Crippen LogP contribution is 2.10. The van der Waals surface area contributed by atoms with Crippen molar-refractivity contribution in [3.8, 4) is 0 Å². The minimum atomic E-state index is -0.119. The van der Waals surface area contributed by atoms with Crippen molar-refractivity contribution in [3.63, 3.8) is 0 Å². The zero-order chi connectivity index (χ0) is 13.5. The van der Waals surface area contributed by atoms with E-state index in [1.807, 2.05) is 13.8 Å². The van der Waals surface area contributed by atoms with Gasteiger partial charge >= 0.3 is 0 Å². The van der Waals surface area contributed by atoms with Gasteiger partial charge in [0.25, 0.3) is 5.91 Å². The number of hydrogen-bond acceptors (Lipinski definition) is 2. The fourth-order valence-corrected chi connectivity index (χ4v) is 1.45. The van der Waals surface area contributed by atoms with Crippen molar-refractivity contribution in [1.29, 1.82) is 0 Å². The topological polar surface area (TPSA) is 58.2 Å². The van der Waals surface area contributed by atoms with Crippen LogP contribution in [0.2, 0.25) is 0 Å². The van der Waals surface area contributed by atoms with Gasteiger partial charge in [-0.05, 0) is 37.6 Å². The summed E-state index contributed by atoms with van der Waals surface area (Å²) in [7, 11) is 0. The van der Waals surface area contributed by atoms with Crippen molar-refractivity contribution < 1.29 is 9.59 Å². The fourth-order valence-electron chi connectivity index (χ4n) is 1.31. The van der Waals surface area contributed by atoms with Gasteiger partial charge in [0.05, 0.1) is 5.33 Å². The third kappa shape index (κ3) is 4.49. The first-order valence-electron chi connectivity index (χ1n) is 5.83. The van der Waals surface area contributed by atoms with E-state index in [0.717, 1.165) is 6.42 Å². The van der Waals surface area contributed by atoms with Crippen molar-refractivity contribution in [2.75, 3.05) is 10.6 Å². The molecular weight excluding hydrogens is 296 g/mol. The Kier molecular flexibility index (Phi) is 5.85. The number of anilines is 1. The summed E-state index contributed by atoms with van der Waals surface area (Å²) in [5.41, 5.74) is 1.27. The van der Waals surface area contributed by atoms with Gasteiger partial charge in [-0.3, -0.25) is 9.59 Å². The molecule has 0 saturated carbocycles. The summed E-state index contributed by atoms with van der Waals surface area (Å²) in [5, 5.41) is 5.83. The third-order valence-electron chi connectivity index (χ3n) is 2.54. The van der Waals surface area contributed by atoms with Crippen molar-refractivity contribution in [2.45, 2.75) is 26.3 Å². The van der Waals surface area contributed by atoms with Gasteiger partial charge < -0.3 is 10.6 Å². The van der Waals surface area contributed by atoms with Crippen LogP contribution in [-0.4, -0.2) is 23.2 Å². The number of nitrogens with one attached hydrogen (secondary N) is 2. The van der Waals surface area contributed by atoms with Gasteiger partial charge in [0.2, 0.25) is 5.91 Å². The molecule has 1 atom stereocenters. The first-order valence-corrected chi connectivity index (χ1v) is 6.95. The zero-order valence-corrected chi connectivity index (χ0v) is 12.1. The van der Waals surface area contributed by atoms with E-state index in [2.05, 4.69) is 26.6 Å². The van der Waals surface area contributed by atoms with E-state index in [-0.39, 0.29) is 23.2 Å². The quantitative estimate of drug-likeness (QED) is 0.821. The predicted octanol–water partition coefficient (Wildman–Crippen LogP) is 2.55. The summed E-state index contributed by atoms with van der Waals surface area (Å²) in [6, 6.07) is 6.98. The van der Waals surface area contributed by atoms with Crippen LogP contribution in [0.3, 0.4) is 0 Å². The first-order chi connectivity index (χ1) is 8.56. The molecule has 0 bridgehead atoms. The molecule has 5 heteroatoms. The molecule has 1 rings (SSSR count). The molecule has 0 heterocycles. The van der Waals surface area contributed by atoms with Crippen LogP contribution in [0.1, 0.15) is 30.6 Å². The molecular formula is C13H17BrN2O2. The maximum atomic E-state index is 11.8. The first kappa shape index (κ1) is 14.7. The van der Waals surface area contributed by atoms with E-state index in [4.69, 9.17) is 0 Å². The summed E-state index contributed by atoms with van der Waals surface area (Å²) in [6.07, 6.45) is 0.894. The normalized spacial score (nSPS) is 11.7. The second kappa shape index (κ2) is 7.16. The summed E-state index contributed by atoms with van der Waals surface area (Å²) in [4.78, 5) is 22.9. The van der Waals surface area contributed by atoms with Crippen LogP contribution >= 0.6 is 15.9 Å². The van der Waals surface area contributed by atoms with Crippen LogP contribution in [0.25, 0.3) is 0 Å². The molecule has 0 aromatic heterocycles. The summed E-state index contributed by atoms with van der Waals surface area (Å²) in [6.45, 7) is 3.98. The molecule has 2 N–H and O–H groups in total. The van der Waals surface area contributed by atoms with Gasteiger partial charge in [-0.25, -0.2) is 0 Å². The number of amides is 2. The zero-order valence-electron chi connectivity index (χ0n) is 10.5. The van der Waals surface area contributed by atoms with Crippen LogP contribution in [0, 0.1) is 0 Å². The largest absolute Gasteiger partial charge is 0.350 e. The molecule has 98 valence electrons. The highest BCUT2D eigenvalue weighted by Gasteiger charge is 2.08. The lowest BCUT2D eigenvalue weighted by Crippen LogP contribution is -2.31.